The second kappa shape index (κ2) is 7.99. The maximum Gasteiger partial charge on any atom is 0.136 e. The third-order valence-electron chi connectivity index (χ3n) is 3.85. The average molecular weight is 289 g/mol. The summed E-state index contributed by atoms with van der Waals surface area (Å²) in [5.74, 6) is 0.609. The second-order valence-electron chi connectivity index (χ2n) is 5.40. The number of hydrogen-bond donors (Lipinski definition) is 2. The molecule has 1 unspecified atom stereocenters. The van der Waals surface area contributed by atoms with Crippen molar-refractivity contribution in [1.82, 2.24) is 10.2 Å². The number of hydrogen-bond acceptors (Lipinski definition) is 5. The molecule has 1 heterocycles. The number of aliphatic hydroxyl groups is 1. The Morgan fingerprint density at radius 1 is 1.52 bits per heavy atom. The topological polar surface area (TPSA) is 68.5 Å². The van der Waals surface area contributed by atoms with Gasteiger partial charge in [0, 0.05) is 25.7 Å². The molecule has 21 heavy (non-hydrogen) atoms. The molecule has 0 radical (unpaired) electrons. The van der Waals surface area contributed by atoms with Crippen LogP contribution in [0, 0.1) is 11.3 Å². The van der Waals surface area contributed by atoms with Crippen LogP contribution in [0.15, 0.2) is 18.2 Å². The van der Waals surface area contributed by atoms with Gasteiger partial charge in [0.05, 0.1) is 19.3 Å². The highest BCUT2D eigenvalue weighted by Crippen LogP contribution is 2.20. The van der Waals surface area contributed by atoms with Crippen LogP contribution in [0.2, 0.25) is 0 Å². The van der Waals surface area contributed by atoms with Crippen molar-refractivity contribution in [2.75, 3.05) is 33.4 Å². The van der Waals surface area contributed by atoms with Crippen LogP contribution in [0.3, 0.4) is 0 Å². The molecule has 2 rings (SSSR count). The van der Waals surface area contributed by atoms with Crippen molar-refractivity contribution in [3.8, 4) is 11.8 Å². The van der Waals surface area contributed by atoms with E-state index in [2.05, 4.69) is 16.3 Å². The zero-order valence-electron chi connectivity index (χ0n) is 12.5. The standard InChI is InChI=1S/C16H23N3O2/c1-21-16-9-13(4-5-14(16)10-17)11-19(7-8-20)12-15-3-2-6-18-15/h4-5,9,15,18,20H,2-3,6-8,11-12H2,1H3. The van der Waals surface area contributed by atoms with Crippen LogP contribution in [0.1, 0.15) is 24.0 Å². The summed E-state index contributed by atoms with van der Waals surface area (Å²) in [6.45, 7) is 3.58. The highest BCUT2D eigenvalue weighted by molar-refractivity contribution is 5.45. The van der Waals surface area contributed by atoms with Crippen molar-refractivity contribution >= 4 is 0 Å². The lowest BCUT2D eigenvalue weighted by Gasteiger charge is -2.25. The van der Waals surface area contributed by atoms with E-state index >= 15 is 0 Å². The van der Waals surface area contributed by atoms with Crippen LogP contribution < -0.4 is 10.1 Å². The zero-order valence-corrected chi connectivity index (χ0v) is 12.5. The van der Waals surface area contributed by atoms with Crippen LogP contribution in [0.5, 0.6) is 5.75 Å². The van der Waals surface area contributed by atoms with Crippen molar-refractivity contribution in [2.45, 2.75) is 25.4 Å². The molecular formula is C16H23N3O2. The van der Waals surface area contributed by atoms with E-state index in [0.29, 0.717) is 23.9 Å². The molecule has 0 aromatic heterocycles. The number of methoxy groups -OCH3 is 1. The summed E-state index contributed by atoms with van der Waals surface area (Å²) < 4.78 is 5.25. The van der Waals surface area contributed by atoms with Gasteiger partial charge in [0.15, 0.2) is 0 Å². The molecule has 1 aromatic carbocycles. The fraction of sp³-hybridized carbons (Fsp3) is 0.562. The van der Waals surface area contributed by atoms with Gasteiger partial charge in [0.25, 0.3) is 0 Å². The summed E-state index contributed by atoms with van der Waals surface area (Å²) in [6.07, 6.45) is 2.42. The van der Waals surface area contributed by atoms with Gasteiger partial charge in [-0.25, -0.2) is 0 Å². The van der Waals surface area contributed by atoms with Crippen molar-refractivity contribution in [2.24, 2.45) is 0 Å². The molecule has 0 bridgehead atoms. The minimum atomic E-state index is 0.153. The summed E-state index contributed by atoms with van der Waals surface area (Å²) in [4.78, 5) is 2.24. The second-order valence-corrected chi connectivity index (χ2v) is 5.40. The quantitative estimate of drug-likeness (QED) is 0.787. The molecule has 1 saturated heterocycles. The monoisotopic (exact) mass is 289 g/mol. The SMILES string of the molecule is COc1cc(CN(CCO)CC2CCCN2)ccc1C#N. The van der Waals surface area contributed by atoms with Crippen molar-refractivity contribution in [3.05, 3.63) is 29.3 Å². The minimum absolute atomic E-state index is 0.153. The lowest BCUT2D eigenvalue weighted by molar-refractivity contribution is 0.179. The molecule has 0 spiro atoms. The van der Waals surface area contributed by atoms with Gasteiger partial charge in [-0.15, -0.1) is 0 Å². The molecule has 1 fully saturated rings. The van der Waals surface area contributed by atoms with E-state index in [1.165, 1.54) is 12.8 Å². The Balaban J connectivity index is 2.03. The predicted molar refractivity (Wildman–Crippen MR) is 81.1 cm³/mol. The molecule has 1 aliphatic heterocycles. The molecule has 0 aliphatic carbocycles. The summed E-state index contributed by atoms with van der Waals surface area (Å²) in [5, 5.41) is 21.7. The molecule has 2 N–H and O–H groups in total. The number of nitrogens with one attached hydrogen (secondary N) is 1. The largest absolute Gasteiger partial charge is 0.495 e. The van der Waals surface area contributed by atoms with E-state index in [-0.39, 0.29) is 6.61 Å². The van der Waals surface area contributed by atoms with Gasteiger partial charge in [-0.05, 0) is 37.1 Å². The van der Waals surface area contributed by atoms with Crippen molar-refractivity contribution in [3.63, 3.8) is 0 Å². The van der Waals surface area contributed by atoms with Crippen molar-refractivity contribution < 1.29 is 9.84 Å². The maximum atomic E-state index is 9.24. The van der Waals surface area contributed by atoms with E-state index in [1.807, 2.05) is 12.1 Å². The molecule has 114 valence electrons. The Morgan fingerprint density at radius 3 is 3.00 bits per heavy atom. The van der Waals surface area contributed by atoms with Gasteiger partial charge in [-0.1, -0.05) is 6.07 Å². The van der Waals surface area contributed by atoms with Gasteiger partial charge in [0.2, 0.25) is 0 Å². The van der Waals surface area contributed by atoms with Crippen LogP contribution >= 0.6 is 0 Å². The highest BCUT2D eigenvalue weighted by atomic mass is 16.5. The smallest absolute Gasteiger partial charge is 0.136 e. The van der Waals surface area contributed by atoms with Crippen LogP contribution in [0.4, 0.5) is 0 Å². The number of nitrogens with zero attached hydrogens (tertiary/aromatic N) is 2. The highest BCUT2D eigenvalue weighted by Gasteiger charge is 2.18. The summed E-state index contributed by atoms with van der Waals surface area (Å²) >= 11 is 0. The molecule has 1 atom stereocenters. The maximum absolute atomic E-state index is 9.24. The summed E-state index contributed by atoms with van der Waals surface area (Å²) in [6, 6.07) is 8.28. The van der Waals surface area contributed by atoms with Gasteiger partial charge >= 0.3 is 0 Å². The molecule has 1 aliphatic rings. The Labute approximate surface area is 126 Å². The normalized spacial score (nSPS) is 17.9. The summed E-state index contributed by atoms with van der Waals surface area (Å²) in [7, 11) is 1.58. The number of benzene rings is 1. The van der Waals surface area contributed by atoms with Gasteiger partial charge in [-0.3, -0.25) is 4.90 Å². The first-order valence-corrected chi connectivity index (χ1v) is 7.40. The first-order valence-electron chi connectivity index (χ1n) is 7.40. The number of rotatable bonds is 7. The minimum Gasteiger partial charge on any atom is -0.495 e. The molecule has 5 heteroatoms. The van der Waals surface area contributed by atoms with E-state index in [4.69, 9.17) is 10.00 Å². The Morgan fingerprint density at radius 2 is 2.38 bits per heavy atom. The number of aliphatic hydroxyl groups excluding tert-OH is 1. The molecule has 0 saturated carbocycles. The van der Waals surface area contributed by atoms with E-state index < -0.39 is 0 Å². The first kappa shape index (κ1) is 15.8. The van der Waals surface area contributed by atoms with Crippen molar-refractivity contribution in [1.29, 1.82) is 5.26 Å². The van der Waals surface area contributed by atoms with Gasteiger partial charge in [-0.2, -0.15) is 5.26 Å². The summed E-state index contributed by atoms with van der Waals surface area (Å²) in [5.41, 5.74) is 1.64. The fourth-order valence-corrected chi connectivity index (χ4v) is 2.79. The van der Waals surface area contributed by atoms with E-state index in [9.17, 15) is 5.11 Å². The molecule has 5 nitrogen and oxygen atoms in total. The van der Waals surface area contributed by atoms with Crippen LogP contribution in [-0.2, 0) is 6.54 Å². The number of nitriles is 1. The van der Waals surface area contributed by atoms with E-state index in [1.54, 1.807) is 13.2 Å². The average Bonchev–Trinajstić information content (AvgIpc) is 3.00. The van der Waals surface area contributed by atoms with Crippen LogP contribution in [-0.4, -0.2) is 49.4 Å². The third-order valence-corrected chi connectivity index (χ3v) is 3.85. The van der Waals surface area contributed by atoms with Gasteiger partial charge in [0.1, 0.15) is 11.8 Å². The Bertz CT molecular complexity index is 493. The zero-order chi connectivity index (χ0) is 15.1. The first-order chi connectivity index (χ1) is 10.3. The fourth-order valence-electron chi connectivity index (χ4n) is 2.79. The van der Waals surface area contributed by atoms with Gasteiger partial charge < -0.3 is 15.2 Å². The Hall–Kier alpha value is -1.61. The molecule has 0 amide bonds. The predicted octanol–water partition coefficient (Wildman–Crippen LogP) is 1.11. The third kappa shape index (κ3) is 4.43. The lowest BCUT2D eigenvalue weighted by Crippen LogP contribution is -2.38. The van der Waals surface area contributed by atoms with Crippen LogP contribution in [0.25, 0.3) is 0 Å². The molecular weight excluding hydrogens is 266 g/mol. The Kier molecular flexibility index (Phi) is 6.00. The molecule has 1 aromatic rings. The number of ether oxygens (including phenoxy) is 1. The van der Waals surface area contributed by atoms with E-state index in [0.717, 1.165) is 25.2 Å². The lowest BCUT2D eigenvalue weighted by atomic mass is 10.1.